The molecule has 122 valence electrons. The Labute approximate surface area is 117 Å². The molecule has 0 radical (unpaired) electrons. The van der Waals surface area contributed by atoms with Crippen LogP contribution in [0.25, 0.3) is 0 Å². The molecule has 0 aliphatic rings. The fraction of sp³-hybridized carbons (Fsp3) is 1.00. The Morgan fingerprint density at radius 1 is 1.05 bits per heavy atom. The molecule has 0 spiro atoms. The van der Waals surface area contributed by atoms with Gasteiger partial charge in [0, 0.05) is 0 Å². The SMILES string of the molecule is CCC(O)OC(C)CCCC(CON(O)O)ON(O)O. The maximum Gasteiger partial charge on any atom is 0.154 e. The van der Waals surface area contributed by atoms with Crippen molar-refractivity contribution in [3.63, 3.8) is 0 Å². The van der Waals surface area contributed by atoms with Gasteiger partial charge in [0.05, 0.1) is 16.9 Å². The van der Waals surface area contributed by atoms with E-state index in [2.05, 4.69) is 9.68 Å². The molecule has 0 saturated carbocycles. The topological polar surface area (TPSA) is 135 Å². The first kappa shape index (κ1) is 19.6. The molecule has 0 aromatic carbocycles. The smallest absolute Gasteiger partial charge is 0.154 e. The lowest BCUT2D eigenvalue weighted by molar-refractivity contribution is -0.527. The van der Waals surface area contributed by atoms with E-state index in [0.717, 1.165) is 0 Å². The summed E-state index contributed by atoms with van der Waals surface area (Å²) in [5, 5.41) is 42.3. The number of hydrogen-bond acceptors (Lipinski definition) is 10. The lowest BCUT2D eigenvalue weighted by Gasteiger charge is -2.20. The molecule has 10 heteroatoms. The molecular formula is C10H24N2O8. The first-order chi connectivity index (χ1) is 9.35. The summed E-state index contributed by atoms with van der Waals surface area (Å²) in [6.07, 6.45) is 0.265. The monoisotopic (exact) mass is 300 g/mol. The molecule has 3 unspecified atom stereocenters. The van der Waals surface area contributed by atoms with Crippen molar-refractivity contribution in [2.75, 3.05) is 6.61 Å². The highest BCUT2D eigenvalue weighted by atomic mass is 17.1. The van der Waals surface area contributed by atoms with E-state index in [-0.39, 0.29) is 12.7 Å². The van der Waals surface area contributed by atoms with E-state index in [1.807, 2.05) is 0 Å². The van der Waals surface area contributed by atoms with Gasteiger partial charge in [0.1, 0.15) is 12.7 Å². The predicted molar refractivity (Wildman–Crippen MR) is 62.3 cm³/mol. The Balaban J connectivity index is 3.93. The van der Waals surface area contributed by atoms with Crippen molar-refractivity contribution in [3.8, 4) is 0 Å². The lowest BCUT2D eigenvalue weighted by atomic mass is 10.1. The molecule has 0 bridgehead atoms. The van der Waals surface area contributed by atoms with Crippen molar-refractivity contribution in [2.45, 2.75) is 58.0 Å². The first-order valence-electron chi connectivity index (χ1n) is 6.34. The van der Waals surface area contributed by atoms with Gasteiger partial charge in [-0.3, -0.25) is 20.8 Å². The molecule has 0 heterocycles. The molecule has 0 saturated heterocycles. The molecular weight excluding hydrogens is 276 g/mol. The highest BCUT2D eigenvalue weighted by Gasteiger charge is 2.16. The normalized spacial score (nSPS) is 16.6. The third-order valence-electron chi connectivity index (χ3n) is 2.49. The number of nitrogens with zero attached hydrogens (tertiary/aromatic N) is 2. The number of ether oxygens (including phenoxy) is 1. The highest BCUT2D eigenvalue weighted by molar-refractivity contribution is 4.59. The van der Waals surface area contributed by atoms with Crippen LogP contribution in [0.2, 0.25) is 0 Å². The van der Waals surface area contributed by atoms with Gasteiger partial charge in [-0.25, -0.2) is 9.68 Å². The van der Waals surface area contributed by atoms with E-state index in [4.69, 9.17) is 25.6 Å². The molecule has 0 fully saturated rings. The average Bonchev–Trinajstić information content (AvgIpc) is 2.34. The summed E-state index contributed by atoms with van der Waals surface area (Å²) in [4.78, 5) is 8.91. The molecule has 0 aromatic heterocycles. The van der Waals surface area contributed by atoms with Crippen LogP contribution in [-0.4, -0.2) is 61.8 Å². The molecule has 3 atom stereocenters. The van der Waals surface area contributed by atoms with Crippen molar-refractivity contribution >= 4 is 0 Å². The zero-order chi connectivity index (χ0) is 15.5. The Morgan fingerprint density at radius 2 is 1.70 bits per heavy atom. The van der Waals surface area contributed by atoms with Crippen molar-refractivity contribution in [2.24, 2.45) is 0 Å². The van der Waals surface area contributed by atoms with Crippen LogP contribution >= 0.6 is 0 Å². The van der Waals surface area contributed by atoms with Gasteiger partial charge in [-0.1, -0.05) is 6.92 Å². The maximum atomic E-state index is 9.30. The minimum Gasteiger partial charge on any atom is -0.368 e. The van der Waals surface area contributed by atoms with Crippen molar-refractivity contribution in [1.82, 2.24) is 10.8 Å². The van der Waals surface area contributed by atoms with E-state index < -0.39 is 23.2 Å². The van der Waals surface area contributed by atoms with Crippen LogP contribution in [0.4, 0.5) is 0 Å². The Morgan fingerprint density at radius 3 is 2.20 bits per heavy atom. The summed E-state index contributed by atoms with van der Waals surface area (Å²) in [5.41, 5.74) is 0. The molecule has 0 amide bonds. The minimum absolute atomic E-state index is 0.168. The van der Waals surface area contributed by atoms with Crippen LogP contribution in [0.3, 0.4) is 0 Å². The van der Waals surface area contributed by atoms with Gasteiger partial charge >= 0.3 is 0 Å². The maximum absolute atomic E-state index is 9.30. The summed E-state index contributed by atoms with van der Waals surface area (Å²) in [6, 6.07) is 0. The van der Waals surface area contributed by atoms with Crippen LogP contribution < -0.4 is 0 Å². The van der Waals surface area contributed by atoms with Crippen LogP contribution in [-0.2, 0) is 14.4 Å². The number of rotatable bonds is 12. The van der Waals surface area contributed by atoms with E-state index in [1.165, 1.54) is 0 Å². The molecule has 0 aliphatic heterocycles. The van der Waals surface area contributed by atoms with Gasteiger partial charge in [0.15, 0.2) is 6.29 Å². The molecule has 0 aromatic rings. The van der Waals surface area contributed by atoms with Crippen LogP contribution in [0.1, 0.15) is 39.5 Å². The Bertz CT molecular complexity index is 231. The number of hydrogen-bond donors (Lipinski definition) is 5. The van der Waals surface area contributed by atoms with E-state index in [0.29, 0.717) is 25.7 Å². The Kier molecular flexibility index (Phi) is 11.1. The molecule has 10 nitrogen and oxygen atoms in total. The van der Waals surface area contributed by atoms with Crippen molar-refractivity contribution in [1.29, 1.82) is 0 Å². The standard InChI is InChI=1S/C10H24N2O8/c1-3-10(13)19-8(2)5-4-6-9(20-12(16)17)7-18-11(14)15/h8-10,13-17H,3-7H2,1-2H3. The number of aliphatic hydroxyl groups is 1. The van der Waals surface area contributed by atoms with Crippen LogP contribution in [0, 0.1) is 0 Å². The van der Waals surface area contributed by atoms with Gasteiger partial charge in [0.25, 0.3) is 0 Å². The lowest BCUT2D eigenvalue weighted by Crippen LogP contribution is -2.31. The van der Waals surface area contributed by atoms with Gasteiger partial charge < -0.3 is 9.84 Å². The molecule has 20 heavy (non-hydrogen) atoms. The highest BCUT2D eigenvalue weighted by Crippen LogP contribution is 2.12. The first-order valence-corrected chi connectivity index (χ1v) is 6.34. The van der Waals surface area contributed by atoms with Gasteiger partial charge in [0.2, 0.25) is 0 Å². The largest absolute Gasteiger partial charge is 0.368 e. The molecule has 5 N–H and O–H groups in total. The average molecular weight is 300 g/mol. The van der Waals surface area contributed by atoms with E-state index >= 15 is 0 Å². The minimum atomic E-state index is -0.803. The Hall–Kier alpha value is -0.400. The number of aliphatic hydroxyl groups excluding tert-OH is 1. The second-order valence-corrected chi connectivity index (χ2v) is 4.27. The summed E-state index contributed by atoms with van der Waals surface area (Å²) in [5.74, 6) is 0. The third kappa shape index (κ3) is 11.4. The van der Waals surface area contributed by atoms with Crippen molar-refractivity contribution in [3.05, 3.63) is 0 Å². The predicted octanol–water partition coefficient (Wildman–Crippen LogP) is 0.683. The van der Waals surface area contributed by atoms with E-state index in [1.54, 1.807) is 13.8 Å². The summed E-state index contributed by atoms with van der Waals surface area (Å²) in [6.45, 7) is 3.31. The van der Waals surface area contributed by atoms with Crippen molar-refractivity contribution < 1.29 is 40.3 Å². The zero-order valence-corrected chi connectivity index (χ0v) is 11.6. The summed E-state index contributed by atoms with van der Waals surface area (Å²) >= 11 is 0. The second-order valence-electron chi connectivity index (χ2n) is 4.27. The summed E-state index contributed by atoms with van der Waals surface area (Å²) < 4.78 is 5.25. The van der Waals surface area contributed by atoms with Crippen LogP contribution in [0.15, 0.2) is 0 Å². The van der Waals surface area contributed by atoms with Gasteiger partial charge in [-0.2, -0.15) is 0 Å². The van der Waals surface area contributed by atoms with E-state index in [9.17, 15) is 5.11 Å². The fourth-order valence-electron chi connectivity index (χ4n) is 1.52. The quantitative estimate of drug-likeness (QED) is 0.258. The van der Waals surface area contributed by atoms with Crippen LogP contribution in [0.5, 0.6) is 0 Å². The second kappa shape index (κ2) is 11.3. The third-order valence-corrected chi connectivity index (χ3v) is 2.49. The van der Waals surface area contributed by atoms with Gasteiger partial charge in [-0.05, 0) is 32.6 Å². The van der Waals surface area contributed by atoms with Gasteiger partial charge in [-0.15, -0.1) is 0 Å². The molecule has 0 rings (SSSR count). The fourth-order valence-corrected chi connectivity index (χ4v) is 1.52. The summed E-state index contributed by atoms with van der Waals surface area (Å²) in [7, 11) is 0. The zero-order valence-electron chi connectivity index (χ0n) is 11.6. The molecule has 0 aliphatic carbocycles.